The van der Waals surface area contributed by atoms with Gasteiger partial charge in [-0.1, -0.05) is 12.1 Å². The molecule has 0 atom stereocenters. The van der Waals surface area contributed by atoms with E-state index >= 15 is 0 Å². The Hall–Kier alpha value is -2.95. The van der Waals surface area contributed by atoms with Crippen molar-refractivity contribution in [2.75, 3.05) is 0 Å². The molecule has 1 aromatic carbocycles. The van der Waals surface area contributed by atoms with Gasteiger partial charge in [0, 0.05) is 18.6 Å². The third-order valence-electron chi connectivity index (χ3n) is 3.64. The lowest BCUT2D eigenvalue weighted by Gasteiger charge is -2.12. The summed E-state index contributed by atoms with van der Waals surface area (Å²) in [7, 11) is 0. The Morgan fingerprint density at radius 1 is 1.00 bits per heavy atom. The van der Waals surface area contributed by atoms with E-state index in [9.17, 15) is 9.59 Å². The Labute approximate surface area is 120 Å². The molecule has 3 aromatic rings. The molecule has 5 nitrogen and oxygen atoms in total. The van der Waals surface area contributed by atoms with Gasteiger partial charge in [0.1, 0.15) is 5.65 Å². The molecule has 102 valence electrons. The number of carbonyl (C=O) groups is 2. The number of carbonyl (C=O) groups excluding carboxylic acids is 2. The first-order valence-electron chi connectivity index (χ1n) is 6.61. The molecule has 2 aromatic heterocycles. The van der Waals surface area contributed by atoms with E-state index in [4.69, 9.17) is 0 Å². The smallest absolute Gasteiger partial charge is 0.261 e. The highest BCUT2D eigenvalue weighted by atomic mass is 16.2. The number of nitrogens with zero attached hydrogens (tertiary/aromatic N) is 3. The van der Waals surface area contributed by atoms with Crippen LogP contribution in [0, 0.1) is 0 Å². The number of imide groups is 1. The summed E-state index contributed by atoms with van der Waals surface area (Å²) in [5.74, 6) is -0.474. The summed E-state index contributed by atoms with van der Waals surface area (Å²) in [6.07, 6.45) is 5.47. The van der Waals surface area contributed by atoms with Crippen molar-refractivity contribution in [1.29, 1.82) is 0 Å². The van der Waals surface area contributed by atoms with Crippen LogP contribution in [-0.4, -0.2) is 26.1 Å². The number of amides is 2. The van der Waals surface area contributed by atoms with Crippen LogP contribution in [0.2, 0.25) is 0 Å². The van der Waals surface area contributed by atoms with Crippen molar-refractivity contribution in [1.82, 2.24) is 14.3 Å². The molecule has 2 amide bonds. The number of fused-ring (bicyclic) bond motifs is 2. The molecule has 0 aliphatic carbocycles. The average molecular weight is 277 g/mol. The Balaban J connectivity index is 1.69. The minimum atomic E-state index is -0.237. The molecular weight excluding hydrogens is 266 g/mol. The van der Waals surface area contributed by atoms with Gasteiger partial charge in [-0.15, -0.1) is 0 Å². The van der Waals surface area contributed by atoms with Crippen LogP contribution in [0.5, 0.6) is 0 Å². The third-order valence-corrected chi connectivity index (χ3v) is 3.64. The van der Waals surface area contributed by atoms with Crippen molar-refractivity contribution < 1.29 is 9.59 Å². The summed E-state index contributed by atoms with van der Waals surface area (Å²) in [5.41, 5.74) is 2.63. The maximum atomic E-state index is 12.3. The fourth-order valence-corrected chi connectivity index (χ4v) is 2.65. The number of hydrogen-bond acceptors (Lipinski definition) is 3. The monoisotopic (exact) mass is 277 g/mol. The topological polar surface area (TPSA) is 54.7 Å². The van der Waals surface area contributed by atoms with Gasteiger partial charge >= 0.3 is 0 Å². The minimum Gasteiger partial charge on any atom is -0.308 e. The van der Waals surface area contributed by atoms with Crippen LogP contribution >= 0.6 is 0 Å². The zero-order valence-electron chi connectivity index (χ0n) is 11.1. The lowest BCUT2D eigenvalue weighted by Crippen LogP contribution is -2.28. The third kappa shape index (κ3) is 1.74. The Kier molecular flexibility index (Phi) is 2.41. The lowest BCUT2D eigenvalue weighted by atomic mass is 10.1. The molecule has 0 radical (unpaired) electrons. The minimum absolute atomic E-state index is 0.237. The summed E-state index contributed by atoms with van der Waals surface area (Å²) < 4.78 is 1.87. The highest BCUT2D eigenvalue weighted by molar-refractivity contribution is 6.21. The maximum Gasteiger partial charge on any atom is 0.261 e. The van der Waals surface area contributed by atoms with Gasteiger partial charge in [0.05, 0.1) is 17.7 Å². The van der Waals surface area contributed by atoms with Crippen molar-refractivity contribution in [2.45, 2.75) is 6.54 Å². The number of benzene rings is 1. The van der Waals surface area contributed by atoms with Gasteiger partial charge < -0.3 is 4.40 Å². The predicted octanol–water partition coefficient (Wildman–Crippen LogP) is 2.13. The van der Waals surface area contributed by atoms with Crippen LogP contribution in [0.4, 0.5) is 0 Å². The average Bonchev–Trinajstić information content (AvgIpc) is 3.02. The van der Waals surface area contributed by atoms with Crippen LogP contribution in [0.3, 0.4) is 0 Å². The van der Waals surface area contributed by atoms with Crippen molar-refractivity contribution in [3.63, 3.8) is 0 Å². The van der Waals surface area contributed by atoms with E-state index in [1.165, 1.54) is 4.90 Å². The highest BCUT2D eigenvalue weighted by Crippen LogP contribution is 2.24. The van der Waals surface area contributed by atoms with E-state index in [1.807, 2.05) is 28.9 Å². The first-order chi connectivity index (χ1) is 10.2. The van der Waals surface area contributed by atoms with Crippen molar-refractivity contribution in [3.05, 3.63) is 71.7 Å². The van der Waals surface area contributed by atoms with E-state index in [0.717, 1.165) is 11.2 Å². The molecule has 4 rings (SSSR count). The van der Waals surface area contributed by atoms with Crippen molar-refractivity contribution in [2.24, 2.45) is 0 Å². The lowest BCUT2D eigenvalue weighted by molar-refractivity contribution is 0.0642. The second-order valence-electron chi connectivity index (χ2n) is 4.98. The summed E-state index contributed by atoms with van der Waals surface area (Å²) >= 11 is 0. The van der Waals surface area contributed by atoms with E-state index < -0.39 is 0 Å². The molecule has 0 saturated heterocycles. The molecule has 0 bridgehead atoms. The molecule has 0 saturated carbocycles. The normalized spacial score (nSPS) is 14.0. The van der Waals surface area contributed by atoms with Crippen molar-refractivity contribution >= 4 is 17.5 Å². The zero-order valence-corrected chi connectivity index (χ0v) is 11.1. The van der Waals surface area contributed by atoms with E-state index in [1.54, 1.807) is 30.5 Å². The molecular formula is C16H11N3O2. The first kappa shape index (κ1) is 11.8. The van der Waals surface area contributed by atoms with Crippen LogP contribution in [0.25, 0.3) is 5.65 Å². The first-order valence-corrected chi connectivity index (χ1v) is 6.61. The number of aromatic nitrogens is 2. The molecule has 21 heavy (non-hydrogen) atoms. The van der Waals surface area contributed by atoms with E-state index in [-0.39, 0.29) is 18.4 Å². The van der Waals surface area contributed by atoms with Gasteiger partial charge in [-0.2, -0.15) is 0 Å². The standard InChI is InChI=1S/C16H11N3O2/c20-15-12-4-1-2-5-13(12)16(21)19(15)10-11-8-14-17-6-3-7-18(14)9-11/h1-9H,10H2. The Bertz CT molecular complexity index is 814. The summed E-state index contributed by atoms with van der Waals surface area (Å²) in [6.45, 7) is 0.260. The second kappa shape index (κ2) is 4.28. The van der Waals surface area contributed by atoms with Gasteiger partial charge in [0.25, 0.3) is 11.8 Å². The second-order valence-corrected chi connectivity index (χ2v) is 4.98. The maximum absolute atomic E-state index is 12.3. The molecule has 0 fully saturated rings. The van der Waals surface area contributed by atoms with Crippen molar-refractivity contribution in [3.8, 4) is 0 Å². The van der Waals surface area contributed by atoms with Gasteiger partial charge in [-0.3, -0.25) is 14.5 Å². The molecule has 1 aliphatic rings. The molecule has 5 heteroatoms. The number of rotatable bonds is 2. The van der Waals surface area contributed by atoms with E-state index in [2.05, 4.69) is 4.98 Å². The molecule has 0 spiro atoms. The SMILES string of the molecule is O=C1c2ccccc2C(=O)N1Cc1cc2ncccn2c1. The van der Waals surface area contributed by atoms with Crippen LogP contribution in [0.1, 0.15) is 26.3 Å². The Morgan fingerprint density at radius 2 is 1.71 bits per heavy atom. The summed E-state index contributed by atoms with van der Waals surface area (Å²) in [4.78, 5) is 30.1. The van der Waals surface area contributed by atoms with Crippen LogP contribution < -0.4 is 0 Å². The fraction of sp³-hybridized carbons (Fsp3) is 0.0625. The Morgan fingerprint density at radius 3 is 2.38 bits per heavy atom. The van der Waals surface area contributed by atoms with Gasteiger partial charge in [-0.25, -0.2) is 4.98 Å². The van der Waals surface area contributed by atoms with Crippen LogP contribution in [-0.2, 0) is 6.54 Å². The van der Waals surface area contributed by atoms with Gasteiger partial charge in [0.2, 0.25) is 0 Å². The summed E-state index contributed by atoms with van der Waals surface area (Å²) in [6, 6.07) is 10.6. The van der Waals surface area contributed by atoms with E-state index in [0.29, 0.717) is 11.1 Å². The highest BCUT2D eigenvalue weighted by Gasteiger charge is 2.35. The molecule has 0 N–H and O–H groups in total. The largest absolute Gasteiger partial charge is 0.308 e. The fourth-order valence-electron chi connectivity index (χ4n) is 2.65. The molecule has 0 unspecified atom stereocenters. The molecule has 1 aliphatic heterocycles. The predicted molar refractivity (Wildman–Crippen MR) is 75.8 cm³/mol. The van der Waals surface area contributed by atoms with Gasteiger partial charge in [0.15, 0.2) is 0 Å². The summed E-state index contributed by atoms with van der Waals surface area (Å²) in [5, 5.41) is 0. The van der Waals surface area contributed by atoms with Gasteiger partial charge in [-0.05, 0) is 29.8 Å². The molecule has 3 heterocycles. The number of hydrogen-bond donors (Lipinski definition) is 0. The van der Waals surface area contributed by atoms with Crippen LogP contribution in [0.15, 0.2) is 55.0 Å². The zero-order chi connectivity index (χ0) is 14.4. The quantitative estimate of drug-likeness (QED) is 0.674.